The number of ether oxygens (including phenoxy) is 1. The molecule has 0 aliphatic heterocycles. The van der Waals surface area contributed by atoms with E-state index in [9.17, 15) is 9.59 Å². The third-order valence-corrected chi connectivity index (χ3v) is 8.64. The third-order valence-electron chi connectivity index (χ3n) is 7.14. The van der Waals surface area contributed by atoms with Crippen molar-refractivity contribution in [3.8, 4) is 11.3 Å². The van der Waals surface area contributed by atoms with Crippen LogP contribution in [0, 0.1) is 0 Å². The van der Waals surface area contributed by atoms with Crippen LogP contribution in [0.4, 0.5) is 5.13 Å². The number of hydrogen-bond acceptors (Lipinski definition) is 6. The Labute approximate surface area is 251 Å². The van der Waals surface area contributed by atoms with E-state index >= 15 is 0 Å². The second-order valence-corrected chi connectivity index (χ2v) is 11.5. The van der Waals surface area contributed by atoms with Crippen LogP contribution in [0.15, 0.2) is 78.2 Å². The van der Waals surface area contributed by atoms with Crippen LogP contribution >= 0.6 is 34.5 Å². The fraction of sp³-hybridized carbons (Fsp3) is 0.188. The molecular weight excluding hydrogens is 577 g/mol. The van der Waals surface area contributed by atoms with Gasteiger partial charge in [0.15, 0.2) is 5.13 Å². The maximum atomic E-state index is 14.0. The Bertz CT molecular complexity index is 1760. The van der Waals surface area contributed by atoms with Gasteiger partial charge >= 0.3 is 5.97 Å². The van der Waals surface area contributed by atoms with Gasteiger partial charge in [-0.1, -0.05) is 84.2 Å². The molecule has 1 amide bonds. The molecule has 1 atom stereocenters. The number of nitrogens with one attached hydrogen (secondary N) is 1. The fourth-order valence-corrected chi connectivity index (χ4v) is 6.16. The summed E-state index contributed by atoms with van der Waals surface area (Å²) in [5, 5.41) is 6.63. The molecule has 1 aliphatic rings. The highest BCUT2D eigenvalue weighted by molar-refractivity contribution is 7.14. The molecule has 1 unspecified atom stereocenters. The van der Waals surface area contributed by atoms with Crippen molar-refractivity contribution in [3.05, 3.63) is 111 Å². The topological polar surface area (TPSA) is 81.2 Å². The number of anilines is 1. The predicted molar refractivity (Wildman–Crippen MR) is 164 cm³/mol. The van der Waals surface area contributed by atoms with E-state index in [4.69, 9.17) is 32.9 Å². The highest BCUT2D eigenvalue weighted by Crippen LogP contribution is 2.33. The Hall–Kier alpha value is -3.78. The Balaban J connectivity index is 1.32. The van der Waals surface area contributed by atoms with Crippen LogP contribution in [0.2, 0.25) is 10.0 Å². The van der Waals surface area contributed by atoms with Gasteiger partial charge in [0, 0.05) is 27.6 Å². The number of aryl methyl sites for hydroxylation is 1. The van der Waals surface area contributed by atoms with E-state index in [0.29, 0.717) is 32.0 Å². The molecule has 3 aromatic carbocycles. The second kappa shape index (κ2) is 12.0. The number of esters is 1. The maximum Gasteiger partial charge on any atom is 0.340 e. The van der Waals surface area contributed by atoms with Gasteiger partial charge in [0.2, 0.25) is 6.10 Å². The summed E-state index contributed by atoms with van der Waals surface area (Å²) in [4.78, 5) is 37.0. The molecule has 0 bridgehead atoms. The Morgan fingerprint density at radius 2 is 1.66 bits per heavy atom. The number of carbonyl (C=O) groups is 2. The first-order chi connectivity index (χ1) is 20.0. The second-order valence-electron chi connectivity index (χ2n) is 9.84. The van der Waals surface area contributed by atoms with E-state index in [0.717, 1.165) is 59.8 Å². The van der Waals surface area contributed by atoms with Crippen molar-refractivity contribution in [1.29, 1.82) is 0 Å². The number of fused-ring (bicyclic) bond motifs is 2. The molecule has 2 heterocycles. The van der Waals surface area contributed by atoms with E-state index in [-0.39, 0.29) is 0 Å². The summed E-state index contributed by atoms with van der Waals surface area (Å²) in [5.41, 5.74) is 5.08. The molecule has 0 radical (unpaired) electrons. The van der Waals surface area contributed by atoms with Crippen LogP contribution in [0.1, 0.15) is 52.5 Å². The summed E-state index contributed by atoms with van der Waals surface area (Å²) >= 11 is 13.5. The summed E-state index contributed by atoms with van der Waals surface area (Å²) in [7, 11) is 0. The van der Waals surface area contributed by atoms with Crippen molar-refractivity contribution in [1.82, 2.24) is 9.97 Å². The number of pyridine rings is 1. The van der Waals surface area contributed by atoms with Crippen molar-refractivity contribution >= 4 is 62.4 Å². The van der Waals surface area contributed by atoms with Gasteiger partial charge in [-0.05, 0) is 49.4 Å². The molecule has 41 heavy (non-hydrogen) atoms. The SMILES string of the molecule is O=C(OC(C(=O)Nc1nc(-c2ccc(Cl)c(Cl)c2)cs1)c1ccccc1)c1c2c(nc3ccccc13)CCCCC2. The zero-order valence-electron chi connectivity index (χ0n) is 21.9. The number of benzene rings is 3. The first-order valence-electron chi connectivity index (χ1n) is 13.4. The van der Waals surface area contributed by atoms with Crippen LogP contribution < -0.4 is 5.32 Å². The van der Waals surface area contributed by atoms with Gasteiger partial charge in [-0.2, -0.15) is 0 Å². The number of para-hydroxylation sites is 1. The number of thiazole rings is 1. The molecule has 5 aromatic rings. The Morgan fingerprint density at radius 3 is 2.49 bits per heavy atom. The molecule has 9 heteroatoms. The van der Waals surface area contributed by atoms with Crippen LogP contribution in [-0.2, 0) is 22.4 Å². The molecule has 6 nitrogen and oxygen atoms in total. The predicted octanol–water partition coefficient (Wildman–Crippen LogP) is 8.47. The van der Waals surface area contributed by atoms with Gasteiger partial charge in [0.05, 0.1) is 26.8 Å². The lowest BCUT2D eigenvalue weighted by molar-refractivity contribution is -0.125. The molecule has 6 rings (SSSR count). The number of nitrogens with zero attached hydrogens (tertiary/aromatic N) is 2. The number of aromatic nitrogens is 2. The van der Waals surface area contributed by atoms with Crippen molar-refractivity contribution in [2.75, 3.05) is 5.32 Å². The Morgan fingerprint density at radius 1 is 0.878 bits per heavy atom. The van der Waals surface area contributed by atoms with Crippen LogP contribution in [-0.4, -0.2) is 21.8 Å². The van der Waals surface area contributed by atoms with E-state index in [1.54, 1.807) is 24.3 Å². The van der Waals surface area contributed by atoms with Crippen LogP contribution in [0.25, 0.3) is 22.2 Å². The summed E-state index contributed by atoms with van der Waals surface area (Å²) < 4.78 is 6.06. The number of rotatable bonds is 6. The van der Waals surface area contributed by atoms with Gasteiger partial charge in [0.1, 0.15) is 0 Å². The molecule has 0 saturated heterocycles. The highest BCUT2D eigenvalue weighted by Gasteiger charge is 2.30. The standard InChI is InChI=1S/C32H25Cl2N3O3S/c33-23-16-15-20(17-24(23)34)27-18-41-32(36-27)37-30(38)29(19-9-3-1-4-10-19)40-31(39)28-21-11-5-2-6-13-25(21)35-26-14-8-7-12-22(26)28/h1,3-4,7-10,12,14-18,29H,2,5-6,11,13H2,(H,36,37,38). The van der Waals surface area contributed by atoms with Crippen molar-refractivity contribution in [2.24, 2.45) is 0 Å². The minimum atomic E-state index is -1.19. The smallest absolute Gasteiger partial charge is 0.340 e. The molecule has 1 aliphatic carbocycles. The molecule has 0 saturated carbocycles. The number of halogens is 2. The zero-order valence-corrected chi connectivity index (χ0v) is 24.2. The van der Waals surface area contributed by atoms with Crippen molar-refractivity contribution in [3.63, 3.8) is 0 Å². The summed E-state index contributed by atoms with van der Waals surface area (Å²) in [6.07, 6.45) is 3.45. The van der Waals surface area contributed by atoms with E-state index < -0.39 is 18.0 Å². The van der Waals surface area contributed by atoms with Crippen LogP contribution in [0.3, 0.4) is 0 Å². The molecule has 206 valence electrons. The van der Waals surface area contributed by atoms with Crippen molar-refractivity contribution < 1.29 is 14.3 Å². The van der Waals surface area contributed by atoms with E-state index in [1.165, 1.54) is 11.3 Å². The maximum absolute atomic E-state index is 14.0. The molecular formula is C32H25Cl2N3O3S. The third kappa shape index (κ3) is 5.84. The summed E-state index contributed by atoms with van der Waals surface area (Å²) in [5.74, 6) is -1.04. The van der Waals surface area contributed by atoms with E-state index in [2.05, 4.69) is 10.3 Å². The highest BCUT2D eigenvalue weighted by atomic mass is 35.5. The average molecular weight is 603 g/mol. The lowest BCUT2D eigenvalue weighted by Gasteiger charge is -2.20. The zero-order chi connectivity index (χ0) is 28.3. The number of amides is 1. The minimum absolute atomic E-state index is 0.372. The van der Waals surface area contributed by atoms with Gasteiger partial charge in [-0.3, -0.25) is 15.1 Å². The quantitative estimate of drug-likeness (QED) is 0.156. The normalized spacial score (nSPS) is 13.7. The summed E-state index contributed by atoms with van der Waals surface area (Å²) in [6, 6.07) is 21.8. The molecule has 0 spiro atoms. The summed E-state index contributed by atoms with van der Waals surface area (Å²) in [6.45, 7) is 0. The number of carbonyl (C=O) groups excluding carboxylic acids is 2. The molecule has 0 fully saturated rings. The van der Waals surface area contributed by atoms with Crippen molar-refractivity contribution in [2.45, 2.75) is 38.2 Å². The monoisotopic (exact) mass is 601 g/mol. The minimum Gasteiger partial charge on any atom is -0.444 e. The first-order valence-corrected chi connectivity index (χ1v) is 15.0. The first kappa shape index (κ1) is 27.4. The van der Waals surface area contributed by atoms with Gasteiger partial charge < -0.3 is 4.74 Å². The van der Waals surface area contributed by atoms with Gasteiger partial charge in [-0.15, -0.1) is 11.3 Å². The molecule has 1 N–H and O–H groups in total. The lowest BCUT2D eigenvalue weighted by atomic mass is 9.97. The lowest BCUT2D eigenvalue weighted by Crippen LogP contribution is -2.26. The largest absolute Gasteiger partial charge is 0.444 e. The van der Waals surface area contributed by atoms with E-state index in [1.807, 2.05) is 53.9 Å². The molecule has 2 aromatic heterocycles. The number of hydrogen-bond donors (Lipinski definition) is 1. The Kier molecular flexibility index (Phi) is 8.01. The fourth-order valence-electron chi connectivity index (χ4n) is 5.14. The van der Waals surface area contributed by atoms with Gasteiger partial charge in [0.25, 0.3) is 5.91 Å². The van der Waals surface area contributed by atoms with Crippen LogP contribution in [0.5, 0.6) is 0 Å². The van der Waals surface area contributed by atoms with Gasteiger partial charge in [-0.25, -0.2) is 9.78 Å². The average Bonchev–Trinajstić information content (AvgIpc) is 3.32.